The summed E-state index contributed by atoms with van der Waals surface area (Å²) in [6.45, 7) is 8.22. The van der Waals surface area contributed by atoms with E-state index in [1.54, 1.807) is 18.2 Å². The zero-order chi connectivity index (χ0) is 34.4. The molecule has 3 aromatic carbocycles. The number of piperidine rings is 1. The topological polar surface area (TPSA) is 118 Å². The van der Waals surface area contributed by atoms with Crippen molar-refractivity contribution in [3.05, 3.63) is 83.9 Å². The van der Waals surface area contributed by atoms with Crippen LogP contribution in [0.4, 0.5) is 11.6 Å². The fraction of sp³-hybridized carbons (Fsp3) is 0.459. The van der Waals surface area contributed by atoms with Gasteiger partial charge in [-0.05, 0) is 75.0 Å². The molecule has 2 aliphatic rings. The number of hydrogen-bond acceptors (Lipinski definition) is 8. The normalized spacial score (nSPS) is 19.0. The summed E-state index contributed by atoms with van der Waals surface area (Å²) in [6.07, 6.45) is 4.92. The van der Waals surface area contributed by atoms with Crippen LogP contribution >= 0.6 is 0 Å². The second-order valence-electron chi connectivity index (χ2n) is 13.2. The zero-order valence-corrected chi connectivity index (χ0v) is 29.5. The highest BCUT2D eigenvalue weighted by Gasteiger charge is 2.42. The van der Waals surface area contributed by atoms with Gasteiger partial charge in [0.2, 0.25) is 16.0 Å². The molecule has 1 aromatic heterocycles. The smallest absolute Gasteiger partial charge is 0.257 e. The highest BCUT2D eigenvalue weighted by Crippen LogP contribution is 2.39. The van der Waals surface area contributed by atoms with Crippen LogP contribution in [-0.2, 0) is 26.7 Å². The predicted octanol–water partition coefficient (Wildman–Crippen LogP) is 5.20. The van der Waals surface area contributed by atoms with Crippen molar-refractivity contribution in [2.45, 2.75) is 50.6 Å². The Morgan fingerprint density at radius 2 is 1.76 bits per heavy atom. The van der Waals surface area contributed by atoms with Crippen molar-refractivity contribution >= 4 is 38.6 Å². The first-order valence-corrected chi connectivity index (χ1v) is 19.1. The van der Waals surface area contributed by atoms with Gasteiger partial charge in [-0.15, -0.1) is 0 Å². The maximum atomic E-state index is 13.9. The van der Waals surface area contributed by atoms with Gasteiger partial charge >= 0.3 is 0 Å². The van der Waals surface area contributed by atoms with Gasteiger partial charge in [-0.1, -0.05) is 42.5 Å². The van der Waals surface area contributed by atoms with Crippen molar-refractivity contribution < 1.29 is 22.7 Å². The molecule has 2 aliphatic heterocycles. The van der Waals surface area contributed by atoms with Gasteiger partial charge < -0.3 is 29.2 Å². The second-order valence-corrected chi connectivity index (χ2v) is 14.9. The van der Waals surface area contributed by atoms with Crippen LogP contribution in [0, 0.1) is 0 Å². The van der Waals surface area contributed by atoms with E-state index in [0.29, 0.717) is 49.3 Å². The Morgan fingerprint density at radius 3 is 2.49 bits per heavy atom. The van der Waals surface area contributed by atoms with Crippen LogP contribution in [0.25, 0.3) is 11.0 Å². The number of nitrogens with one attached hydrogen (secondary N) is 2. The molecular formula is C37H48N6O5S. The number of amides is 1. The van der Waals surface area contributed by atoms with Crippen LogP contribution in [0.3, 0.4) is 0 Å². The van der Waals surface area contributed by atoms with Crippen LogP contribution < -0.4 is 14.8 Å². The van der Waals surface area contributed by atoms with E-state index < -0.39 is 10.0 Å². The first-order valence-electron chi connectivity index (χ1n) is 17.2. The molecule has 0 aliphatic carbocycles. The molecule has 4 aromatic rings. The summed E-state index contributed by atoms with van der Waals surface area (Å²) in [4.78, 5) is 23.3. The molecule has 12 heteroatoms. The van der Waals surface area contributed by atoms with E-state index in [4.69, 9.17) is 14.5 Å². The number of carbonyl (C=O) groups is 1. The minimum Gasteiger partial charge on any atom is -0.496 e. The molecule has 0 spiro atoms. The Morgan fingerprint density at radius 1 is 1.00 bits per heavy atom. The summed E-state index contributed by atoms with van der Waals surface area (Å²) in [6, 6.07) is 23.9. The number of benzene rings is 3. The van der Waals surface area contributed by atoms with Gasteiger partial charge in [0.1, 0.15) is 5.75 Å². The SMILES string of the molecule is CCOCCn1c(NC2CCN(CCC3(c4ccccc4)CCN(C(=O)c4cc(NS(C)(=O)=O)ccc4OC)C3)CC2)nc2ccccc21. The summed E-state index contributed by atoms with van der Waals surface area (Å²) in [5, 5.41) is 3.75. The number of rotatable bonds is 14. The Kier molecular flexibility index (Phi) is 10.8. The average molecular weight is 689 g/mol. The van der Waals surface area contributed by atoms with Crippen LogP contribution in [0.2, 0.25) is 0 Å². The Bertz CT molecular complexity index is 1840. The highest BCUT2D eigenvalue weighted by molar-refractivity contribution is 7.92. The van der Waals surface area contributed by atoms with Crippen LogP contribution in [0.5, 0.6) is 5.75 Å². The summed E-state index contributed by atoms with van der Waals surface area (Å²) in [5.41, 5.74) is 3.85. The van der Waals surface area contributed by atoms with Gasteiger partial charge in [0, 0.05) is 56.5 Å². The van der Waals surface area contributed by atoms with Crippen LogP contribution in [0.1, 0.15) is 48.5 Å². The number of sulfonamides is 1. The molecule has 49 heavy (non-hydrogen) atoms. The number of hydrogen-bond donors (Lipinski definition) is 2. The lowest BCUT2D eigenvalue weighted by Gasteiger charge is -2.36. The van der Waals surface area contributed by atoms with Crippen molar-refractivity contribution in [1.82, 2.24) is 19.4 Å². The second kappa shape index (κ2) is 15.2. The summed E-state index contributed by atoms with van der Waals surface area (Å²) >= 11 is 0. The van der Waals surface area contributed by atoms with E-state index in [1.165, 1.54) is 12.7 Å². The minimum atomic E-state index is -3.50. The number of ether oxygens (including phenoxy) is 2. The van der Waals surface area contributed by atoms with Gasteiger partial charge in [-0.2, -0.15) is 0 Å². The van der Waals surface area contributed by atoms with Gasteiger partial charge in [0.25, 0.3) is 5.91 Å². The molecule has 0 radical (unpaired) electrons. The van der Waals surface area contributed by atoms with Crippen molar-refractivity contribution in [2.75, 3.05) is 69.3 Å². The standard InChI is InChI=1S/C37H48N6O5S/c1-4-48-25-24-43-33-13-9-8-12-32(33)39-36(43)38-29-16-20-41(21-17-29)22-18-37(28-10-6-5-7-11-28)19-23-42(27-37)35(44)31-26-30(40-49(3,45)46)14-15-34(31)47-2/h5-15,26,29,40H,4,16-25,27H2,1-3H3,(H,38,39). The van der Waals surface area contributed by atoms with E-state index in [0.717, 1.165) is 75.1 Å². The quantitative estimate of drug-likeness (QED) is 0.174. The third-order valence-electron chi connectivity index (χ3n) is 9.91. The maximum absolute atomic E-state index is 13.9. The van der Waals surface area contributed by atoms with Crippen molar-refractivity contribution in [2.24, 2.45) is 0 Å². The summed E-state index contributed by atoms with van der Waals surface area (Å²) in [7, 11) is -1.98. The van der Waals surface area contributed by atoms with E-state index >= 15 is 0 Å². The molecule has 3 heterocycles. The summed E-state index contributed by atoms with van der Waals surface area (Å²) in [5.74, 6) is 1.17. The molecule has 1 atom stereocenters. The maximum Gasteiger partial charge on any atom is 0.257 e. The zero-order valence-electron chi connectivity index (χ0n) is 28.7. The number of anilines is 2. The number of likely N-dealkylation sites (tertiary alicyclic amines) is 2. The van der Waals surface area contributed by atoms with E-state index in [-0.39, 0.29) is 11.3 Å². The van der Waals surface area contributed by atoms with Crippen molar-refractivity contribution in [3.8, 4) is 5.75 Å². The van der Waals surface area contributed by atoms with Crippen molar-refractivity contribution in [1.29, 1.82) is 0 Å². The van der Waals surface area contributed by atoms with Gasteiger partial charge in [-0.3, -0.25) is 9.52 Å². The molecule has 0 saturated carbocycles. The third-order valence-corrected chi connectivity index (χ3v) is 10.5. The lowest BCUT2D eigenvalue weighted by molar-refractivity contribution is 0.0777. The first-order chi connectivity index (χ1) is 23.7. The summed E-state index contributed by atoms with van der Waals surface area (Å²) < 4.78 is 39.6. The number of methoxy groups -OCH3 is 1. The third kappa shape index (κ3) is 8.20. The van der Waals surface area contributed by atoms with Gasteiger partial charge in [0.15, 0.2) is 0 Å². The minimum absolute atomic E-state index is 0.161. The largest absolute Gasteiger partial charge is 0.496 e. The number of fused-ring (bicyclic) bond motifs is 1. The van der Waals surface area contributed by atoms with Gasteiger partial charge in [0.05, 0.1) is 36.6 Å². The Hall–Kier alpha value is -4.13. The Balaban J connectivity index is 1.11. The number of carbonyl (C=O) groups excluding carboxylic acids is 1. The lowest BCUT2D eigenvalue weighted by Crippen LogP contribution is -2.42. The number of para-hydroxylation sites is 2. The predicted molar refractivity (Wildman–Crippen MR) is 194 cm³/mol. The number of imidazole rings is 1. The molecule has 6 rings (SSSR count). The molecule has 11 nitrogen and oxygen atoms in total. The average Bonchev–Trinajstić information content (AvgIpc) is 3.70. The van der Waals surface area contributed by atoms with Gasteiger partial charge in [-0.25, -0.2) is 13.4 Å². The van der Waals surface area contributed by atoms with E-state index in [9.17, 15) is 13.2 Å². The first kappa shape index (κ1) is 34.7. The number of aromatic nitrogens is 2. The van der Waals surface area contributed by atoms with Crippen LogP contribution in [0.15, 0.2) is 72.8 Å². The Labute approximate surface area is 289 Å². The molecular weight excluding hydrogens is 641 g/mol. The fourth-order valence-electron chi connectivity index (χ4n) is 7.31. The number of nitrogens with zero attached hydrogens (tertiary/aromatic N) is 4. The lowest BCUT2D eigenvalue weighted by atomic mass is 9.76. The van der Waals surface area contributed by atoms with E-state index in [1.807, 2.05) is 24.0 Å². The van der Waals surface area contributed by atoms with Crippen LogP contribution in [-0.4, -0.2) is 99.0 Å². The molecule has 262 valence electrons. The molecule has 2 saturated heterocycles. The van der Waals surface area contributed by atoms with Crippen molar-refractivity contribution in [3.63, 3.8) is 0 Å². The molecule has 0 bridgehead atoms. The molecule has 1 amide bonds. The fourth-order valence-corrected chi connectivity index (χ4v) is 7.87. The molecule has 2 N–H and O–H groups in total. The molecule has 2 fully saturated rings. The highest BCUT2D eigenvalue weighted by atomic mass is 32.2. The molecule has 1 unspecified atom stereocenters. The van der Waals surface area contributed by atoms with E-state index in [2.05, 4.69) is 62.0 Å². The monoisotopic (exact) mass is 688 g/mol.